The summed E-state index contributed by atoms with van der Waals surface area (Å²) in [5.74, 6) is -1.21. The van der Waals surface area contributed by atoms with Crippen LogP contribution in [0.2, 0.25) is 0 Å². The maximum Gasteiger partial charge on any atom is 0.448 e. The van der Waals surface area contributed by atoms with Gasteiger partial charge in [-0.25, -0.2) is 4.57 Å². The summed E-state index contributed by atoms with van der Waals surface area (Å²) in [6.07, 6.45) is 0. The van der Waals surface area contributed by atoms with Crippen LogP contribution in [0.3, 0.4) is 0 Å². The second-order valence-electron chi connectivity index (χ2n) is 5.89. The highest BCUT2D eigenvalue weighted by molar-refractivity contribution is 7.56. The van der Waals surface area contributed by atoms with Crippen LogP contribution in [0, 0.1) is 12.8 Å². The van der Waals surface area contributed by atoms with Crippen molar-refractivity contribution in [1.29, 1.82) is 0 Å². The van der Waals surface area contributed by atoms with Gasteiger partial charge in [0.05, 0.1) is 0 Å². The van der Waals surface area contributed by atoms with E-state index < -0.39 is 25.4 Å². The lowest BCUT2D eigenvalue weighted by Crippen LogP contribution is -2.36. The van der Waals surface area contributed by atoms with Gasteiger partial charge in [-0.15, -0.1) is 0 Å². The minimum atomic E-state index is -3.98. The molecular formula is C18H21N2O4P. The topological polar surface area (TPSA) is 84.5 Å². The van der Waals surface area contributed by atoms with Gasteiger partial charge in [-0.1, -0.05) is 49.7 Å². The summed E-state index contributed by atoms with van der Waals surface area (Å²) in [6, 6.07) is 15.1. The fraction of sp³-hybridized carbons (Fsp3) is 0.222. The molecule has 0 heterocycles. The second kappa shape index (κ2) is 7.99. The summed E-state index contributed by atoms with van der Waals surface area (Å²) < 4.78 is 18.5. The number of rotatable bonds is 6. The number of carbonyl (C=O) groups excluding carboxylic acids is 2. The molecule has 6 nitrogen and oxygen atoms in total. The van der Waals surface area contributed by atoms with Crippen LogP contribution in [0.4, 0.5) is 0 Å². The van der Waals surface area contributed by atoms with Crippen molar-refractivity contribution in [2.45, 2.75) is 20.8 Å². The van der Waals surface area contributed by atoms with Crippen LogP contribution >= 0.6 is 7.67 Å². The molecule has 0 aromatic heterocycles. The quantitative estimate of drug-likeness (QED) is 0.770. The average Bonchev–Trinajstić information content (AvgIpc) is 2.55. The third-order valence-corrected chi connectivity index (χ3v) is 4.80. The first-order chi connectivity index (χ1) is 11.8. The van der Waals surface area contributed by atoms with Crippen LogP contribution in [0.5, 0.6) is 5.75 Å². The Balaban J connectivity index is 2.24. The van der Waals surface area contributed by atoms with Gasteiger partial charge in [0.25, 0.3) is 5.91 Å². The molecule has 0 saturated carbocycles. The van der Waals surface area contributed by atoms with Gasteiger partial charge in [0.15, 0.2) is 0 Å². The molecule has 0 spiro atoms. The summed E-state index contributed by atoms with van der Waals surface area (Å²) in [5.41, 5.74) is 1.31. The SMILES string of the molecule is Cc1ccc(C(=O)NP(=O)(NC(=O)C(C)C)Oc2ccccc2)cc1. The van der Waals surface area contributed by atoms with Gasteiger partial charge in [-0.05, 0) is 31.2 Å². The Bertz CT molecular complexity index is 788. The van der Waals surface area contributed by atoms with Gasteiger partial charge in [-0.3, -0.25) is 19.8 Å². The molecule has 132 valence electrons. The van der Waals surface area contributed by atoms with Crippen LogP contribution in [0.15, 0.2) is 54.6 Å². The number of carbonyl (C=O) groups is 2. The molecule has 1 atom stereocenters. The van der Waals surface area contributed by atoms with Gasteiger partial charge < -0.3 is 4.52 Å². The van der Waals surface area contributed by atoms with Crippen LogP contribution < -0.4 is 14.7 Å². The number of nitrogens with one attached hydrogen (secondary N) is 2. The molecule has 1 unspecified atom stereocenters. The monoisotopic (exact) mass is 360 g/mol. The van der Waals surface area contributed by atoms with Gasteiger partial charge in [-0.2, -0.15) is 0 Å². The van der Waals surface area contributed by atoms with Gasteiger partial charge in [0.2, 0.25) is 5.91 Å². The molecule has 2 aromatic rings. The third kappa shape index (κ3) is 5.47. The predicted octanol–water partition coefficient (Wildman–Crippen LogP) is 3.68. The fourth-order valence-electron chi connectivity index (χ4n) is 1.88. The van der Waals surface area contributed by atoms with Crippen molar-refractivity contribution < 1.29 is 18.7 Å². The zero-order chi connectivity index (χ0) is 18.4. The molecule has 0 radical (unpaired) electrons. The number of benzene rings is 2. The lowest BCUT2D eigenvalue weighted by atomic mass is 10.1. The van der Waals surface area contributed by atoms with E-state index in [2.05, 4.69) is 10.2 Å². The van der Waals surface area contributed by atoms with Crippen molar-refractivity contribution in [3.05, 3.63) is 65.7 Å². The maximum atomic E-state index is 13.1. The molecule has 2 rings (SSSR count). The van der Waals surface area contributed by atoms with E-state index in [0.717, 1.165) is 5.56 Å². The first-order valence-electron chi connectivity index (χ1n) is 7.85. The highest BCUT2D eigenvalue weighted by atomic mass is 31.2. The normalized spacial score (nSPS) is 13.0. The number of hydrogen-bond acceptors (Lipinski definition) is 4. The van der Waals surface area contributed by atoms with Crippen molar-refractivity contribution in [3.8, 4) is 5.75 Å². The molecule has 25 heavy (non-hydrogen) atoms. The van der Waals surface area contributed by atoms with Gasteiger partial charge >= 0.3 is 7.67 Å². The standard InChI is InChI=1S/C18H21N2O4P/c1-13(2)17(21)19-25(23,24-16-7-5-4-6-8-16)20-18(22)15-11-9-14(3)10-12-15/h4-13H,1-3H3,(H2,19,20,21,22,23). The van der Waals surface area contributed by atoms with E-state index in [4.69, 9.17) is 4.52 Å². The number of aryl methyl sites for hydroxylation is 1. The molecule has 0 aliphatic heterocycles. The van der Waals surface area contributed by atoms with Crippen molar-refractivity contribution in [3.63, 3.8) is 0 Å². The smallest absolute Gasteiger partial charge is 0.414 e. The van der Waals surface area contributed by atoms with E-state index in [1.165, 1.54) is 0 Å². The number of amides is 2. The lowest BCUT2D eigenvalue weighted by Gasteiger charge is -2.21. The van der Waals surface area contributed by atoms with Crippen molar-refractivity contribution in [1.82, 2.24) is 10.2 Å². The second-order valence-corrected chi connectivity index (χ2v) is 7.63. The summed E-state index contributed by atoms with van der Waals surface area (Å²) >= 11 is 0. The Morgan fingerprint density at radius 2 is 1.56 bits per heavy atom. The molecule has 0 bridgehead atoms. The van der Waals surface area contributed by atoms with Crippen LogP contribution in [0.1, 0.15) is 29.8 Å². The van der Waals surface area contributed by atoms with Crippen molar-refractivity contribution in [2.75, 3.05) is 0 Å². The zero-order valence-electron chi connectivity index (χ0n) is 14.4. The lowest BCUT2D eigenvalue weighted by molar-refractivity contribution is -0.122. The Labute approximate surface area is 147 Å². The van der Waals surface area contributed by atoms with Crippen molar-refractivity contribution in [2.24, 2.45) is 5.92 Å². The molecule has 2 N–H and O–H groups in total. The molecule has 0 fully saturated rings. The predicted molar refractivity (Wildman–Crippen MR) is 96.3 cm³/mol. The highest BCUT2D eigenvalue weighted by Gasteiger charge is 2.31. The molecule has 2 amide bonds. The third-order valence-electron chi connectivity index (χ3n) is 3.32. The van der Waals surface area contributed by atoms with Crippen LogP contribution in [-0.2, 0) is 9.36 Å². The van der Waals surface area contributed by atoms with E-state index >= 15 is 0 Å². The number of para-hydroxylation sites is 1. The Morgan fingerprint density at radius 3 is 2.12 bits per heavy atom. The van der Waals surface area contributed by atoms with Crippen LogP contribution in [0.25, 0.3) is 0 Å². The first kappa shape index (κ1) is 18.7. The van der Waals surface area contributed by atoms with Crippen molar-refractivity contribution >= 4 is 19.5 Å². The molecule has 7 heteroatoms. The van der Waals surface area contributed by atoms with E-state index in [9.17, 15) is 14.2 Å². The van der Waals surface area contributed by atoms with Gasteiger partial charge in [0.1, 0.15) is 5.75 Å². The minimum absolute atomic E-state index is 0.277. The maximum absolute atomic E-state index is 13.1. The van der Waals surface area contributed by atoms with E-state index in [1.54, 1.807) is 68.4 Å². The molecule has 0 aliphatic carbocycles. The molecule has 2 aromatic carbocycles. The first-order valence-corrected chi connectivity index (χ1v) is 9.47. The van der Waals surface area contributed by atoms with Gasteiger partial charge in [0, 0.05) is 11.5 Å². The fourth-order valence-corrected chi connectivity index (χ4v) is 3.39. The zero-order valence-corrected chi connectivity index (χ0v) is 15.2. The molecule has 0 aliphatic rings. The summed E-state index contributed by atoms with van der Waals surface area (Å²) in [4.78, 5) is 24.4. The summed E-state index contributed by atoms with van der Waals surface area (Å²) in [6.45, 7) is 5.21. The average molecular weight is 360 g/mol. The Hall–Kier alpha value is -2.59. The van der Waals surface area contributed by atoms with Crippen LogP contribution in [-0.4, -0.2) is 11.8 Å². The largest absolute Gasteiger partial charge is 0.448 e. The summed E-state index contributed by atoms with van der Waals surface area (Å²) in [7, 11) is -3.98. The van der Waals surface area contributed by atoms with E-state index in [1.807, 2.05) is 6.92 Å². The van der Waals surface area contributed by atoms with E-state index in [0.29, 0.717) is 5.56 Å². The highest BCUT2D eigenvalue weighted by Crippen LogP contribution is 2.39. The Kier molecular flexibility index (Phi) is 5.99. The summed E-state index contributed by atoms with van der Waals surface area (Å²) in [5, 5.41) is 4.64. The minimum Gasteiger partial charge on any atom is -0.414 e. The Morgan fingerprint density at radius 1 is 0.960 bits per heavy atom. The van der Waals surface area contributed by atoms with E-state index in [-0.39, 0.29) is 5.75 Å². The number of hydrogen-bond donors (Lipinski definition) is 2. The molecule has 0 saturated heterocycles. The molecular weight excluding hydrogens is 339 g/mol.